The van der Waals surface area contributed by atoms with E-state index in [4.69, 9.17) is 17.3 Å². The van der Waals surface area contributed by atoms with E-state index >= 15 is 0 Å². The Hall–Kier alpha value is -1.15. The van der Waals surface area contributed by atoms with E-state index in [-0.39, 0.29) is 12.3 Å². The van der Waals surface area contributed by atoms with Crippen molar-refractivity contribution in [3.05, 3.63) is 45.9 Å². The zero-order chi connectivity index (χ0) is 13.9. The van der Waals surface area contributed by atoms with Crippen molar-refractivity contribution >= 4 is 38.1 Å². The van der Waals surface area contributed by atoms with Gasteiger partial charge in [0.05, 0.1) is 18.0 Å². The maximum absolute atomic E-state index is 11.9. The molecule has 5 nitrogen and oxygen atoms in total. The third-order valence-corrected chi connectivity index (χ3v) is 4.71. The molecule has 0 radical (unpaired) electrons. The summed E-state index contributed by atoms with van der Waals surface area (Å²) in [6.45, 7) is 0.125. The van der Waals surface area contributed by atoms with Gasteiger partial charge in [0.15, 0.2) is 5.13 Å². The summed E-state index contributed by atoms with van der Waals surface area (Å²) in [7, 11) is -3.46. The number of nitrogens with two attached hydrogens (primary N) is 1. The van der Waals surface area contributed by atoms with Crippen LogP contribution in [0.25, 0.3) is 0 Å². The number of thiazole rings is 1. The van der Waals surface area contributed by atoms with Crippen LogP contribution >= 0.6 is 22.9 Å². The van der Waals surface area contributed by atoms with E-state index in [1.165, 1.54) is 11.3 Å². The highest BCUT2D eigenvalue weighted by Crippen LogP contribution is 2.17. The van der Waals surface area contributed by atoms with Crippen LogP contribution in [0.2, 0.25) is 5.02 Å². The molecule has 0 saturated carbocycles. The number of hydrogen-bond donors (Lipinski definition) is 2. The van der Waals surface area contributed by atoms with Crippen molar-refractivity contribution in [3.63, 3.8) is 0 Å². The molecule has 0 aliphatic carbocycles. The molecule has 0 fully saturated rings. The number of benzene rings is 1. The van der Waals surface area contributed by atoms with Crippen molar-refractivity contribution < 1.29 is 8.42 Å². The molecule has 2 rings (SSSR count). The van der Waals surface area contributed by atoms with Crippen LogP contribution in [0.5, 0.6) is 0 Å². The molecule has 0 atom stereocenters. The van der Waals surface area contributed by atoms with Gasteiger partial charge in [-0.15, -0.1) is 11.3 Å². The zero-order valence-corrected chi connectivity index (χ0v) is 12.2. The average Bonchev–Trinajstić information content (AvgIpc) is 2.76. The summed E-state index contributed by atoms with van der Waals surface area (Å²) in [5.41, 5.74) is 6.64. The molecule has 102 valence electrons. The van der Waals surface area contributed by atoms with Gasteiger partial charge in [0.25, 0.3) is 0 Å². The van der Waals surface area contributed by atoms with Crippen LogP contribution < -0.4 is 10.5 Å². The Labute approximate surface area is 120 Å². The zero-order valence-electron chi connectivity index (χ0n) is 9.84. The van der Waals surface area contributed by atoms with Crippen molar-refractivity contribution in [2.45, 2.75) is 12.3 Å². The van der Waals surface area contributed by atoms with Gasteiger partial charge in [0.2, 0.25) is 10.0 Å². The summed E-state index contributed by atoms with van der Waals surface area (Å²) in [6.07, 6.45) is 0. The minimum Gasteiger partial charge on any atom is -0.375 e. The lowest BCUT2D eigenvalue weighted by molar-refractivity contribution is 0.580. The first-order valence-corrected chi connectivity index (χ1v) is 8.28. The Morgan fingerprint density at radius 2 is 2.11 bits per heavy atom. The number of nitrogens with one attached hydrogen (secondary N) is 1. The van der Waals surface area contributed by atoms with Gasteiger partial charge in [-0.2, -0.15) is 0 Å². The quantitative estimate of drug-likeness (QED) is 0.883. The molecule has 0 amide bonds. The second kappa shape index (κ2) is 5.87. The third-order valence-electron chi connectivity index (χ3n) is 2.35. The lowest BCUT2D eigenvalue weighted by Gasteiger charge is -2.06. The maximum Gasteiger partial charge on any atom is 0.216 e. The fraction of sp³-hybridized carbons (Fsp3) is 0.182. The SMILES string of the molecule is Nc1nc(CNS(=O)(=O)Cc2ccccc2Cl)cs1. The molecular formula is C11H12ClN3O2S2. The minimum absolute atomic E-state index is 0.125. The number of hydrogen-bond acceptors (Lipinski definition) is 5. The molecule has 3 N–H and O–H groups in total. The average molecular weight is 318 g/mol. The highest BCUT2D eigenvalue weighted by molar-refractivity contribution is 7.88. The largest absolute Gasteiger partial charge is 0.375 e. The van der Waals surface area contributed by atoms with E-state index in [1.54, 1.807) is 29.6 Å². The molecule has 0 bridgehead atoms. The van der Waals surface area contributed by atoms with Gasteiger partial charge in [-0.25, -0.2) is 18.1 Å². The van der Waals surface area contributed by atoms with Crippen molar-refractivity contribution in [2.24, 2.45) is 0 Å². The van der Waals surface area contributed by atoms with Crippen LogP contribution in [0.1, 0.15) is 11.3 Å². The molecule has 1 heterocycles. The van der Waals surface area contributed by atoms with Gasteiger partial charge in [-0.05, 0) is 11.6 Å². The summed E-state index contributed by atoms with van der Waals surface area (Å²) in [4.78, 5) is 3.98. The van der Waals surface area contributed by atoms with Crippen LogP contribution in [0.3, 0.4) is 0 Å². The predicted molar refractivity (Wildman–Crippen MR) is 77.4 cm³/mol. The smallest absolute Gasteiger partial charge is 0.216 e. The highest BCUT2D eigenvalue weighted by Gasteiger charge is 2.14. The number of aromatic nitrogens is 1. The summed E-state index contributed by atoms with van der Waals surface area (Å²) in [6, 6.07) is 6.84. The molecule has 0 spiro atoms. The Morgan fingerprint density at radius 1 is 1.37 bits per heavy atom. The number of anilines is 1. The number of halogens is 1. The van der Waals surface area contributed by atoms with Crippen LogP contribution in [0, 0.1) is 0 Å². The van der Waals surface area contributed by atoms with Crippen LogP contribution in [0.15, 0.2) is 29.6 Å². The van der Waals surface area contributed by atoms with Crippen LogP contribution in [-0.2, 0) is 22.3 Å². The van der Waals surface area contributed by atoms with Gasteiger partial charge in [-0.1, -0.05) is 29.8 Å². The van der Waals surface area contributed by atoms with Gasteiger partial charge in [0.1, 0.15) is 0 Å². The first-order valence-electron chi connectivity index (χ1n) is 5.37. The number of nitrogens with zero attached hydrogens (tertiary/aromatic N) is 1. The van der Waals surface area contributed by atoms with Gasteiger partial charge < -0.3 is 5.73 Å². The van der Waals surface area contributed by atoms with Crippen LogP contribution in [-0.4, -0.2) is 13.4 Å². The molecule has 8 heteroatoms. The molecule has 0 saturated heterocycles. The monoisotopic (exact) mass is 317 g/mol. The van der Waals surface area contributed by atoms with Gasteiger partial charge in [-0.3, -0.25) is 0 Å². The predicted octanol–water partition coefficient (Wildman–Crippen LogP) is 2.00. The van der Waals surface area contributed by atoms with E-state index < -0.39 is 10.0 Å². The Bertz CT molecular complexity index is 670. The van der Waals surface area contributed by atoms with E-state index in [0.29, 0.717) is 21.4 Å². The Kier molecular flexibility index (Phi) is 4.41. The molecular weight excluding hydrogens is 306 g/mol. The van der Waals surface area contributed by atoms with E-state index in [0.717, 1.165) is 0 Å². The van der Waals surface area contributed by atoms with E-state index in [9.17, 15) is 8.42 Å². The number of sulfonamides is 1. The first-order chi connectivity index (χ1) is 8.96. The Morgan fingerprint density at radius 3 is 2.74 bits per heavy atom. The lowest BCUT2D eigenvalue weighted by atomic mass is 10.2. The van der Waals surface area contributed by atoms with E-state index in [2.05, 4.69) is 9.71 Å². The molecule has 0 aliphatic heterocycles. The summed E-state index contributed by atoms with van der Waals surface area (Å²) < 4.78 is 26.3. The third kappa shape index (κ3) is 4.17. The maximum atomic E-state index is 11.9. The van der Waals surface area contributed by atoms with Gasteiger partial charge >= 0.3 is 0 Å². The molecule has 2 aromatic rings. The second-order valence-electron chi connectivity index (χ2n) is 3.85. The fourth-order valence-corrected chi connectivity index (χ4v) is 3.43. The fourth-order valence-electron chi connectivity index (χ4n) is 1.46. The van der Waals surface area contributed by atoms with E-state index in [1.807, 2.05) is 0 Å². The van der Waals surface area contributed by atoms with Crippen molar-refractivity contribution in [1.29, 1.82) is 0 Å². The standard InChI is InChI=1S/C11H12ClN3O2S2/c12-10-4-2-1-3-8(10)7-19(16,17)14-5-9-6-18-11(13)15-9/h1-4,6,14H,5,7H2,(H2,13,15). The molecule has 1 aromatic carbocycles. The molecule has 1 aromatic heterocycles. The lowest BCUT2D eigenvalue weighted by Crippen LogP contribution is -2.25. The summed E-state index contributed by atoms with van der Waals surface area (Å²) in [5.74, 6) is -0.160. The second-order valence-corrected chi connectivity index (χ2v) is 6.95. The van der Waals surface area contributed by atoms with Gasteiger partial charge in [0, 0.05) is 10.4 Å². The van der Waals surface area contributed by atoms with Crippen molar-refractivity contribution in [2.75, 3.05) is 5.73 Å². The normalized spacial score (nSPS) is 11.6. The molecule has 0 unspecified atom stereocenters. The molecule has 19 heavy (non-hydrogen) atoms. The summed E-state index contributed by atoms with van der Waals surface area (Å²) in [5, 5.41) is 2.57. The number of nitrogen functional groups attached to an aromatic ring is 1. The van der Waals surface area contributed by atoms with Crippen molar-refractivity contribution in [1.82, 2.24) is 9.71 Å². The Balaban J connectivity index is 2.01. The molecule has 0 aliphatic rings. The number of rotatable bonds is 5. The topological polar surface area (TPSA) is 85.1 Å². The highest BCUT2D eigenvalue weighted by atomic mass is 35.5. The van der Waals surface area contributed by atoms with Crippen LogP contribution in [0.4, 0.5) is 5.13 Å². The summed E-state index contributed by atoms with van der Waals surface area (Å²) >= 11 is 7.20. The first kappa shape index (κ1) is 14.3. The van der Waals surface area contributed by atoms with Crippen molar-refractivity contribution in [3.8, 4) is 0 Å². The minimum atomic E-state index is -3.46.